The number of carbonyl (C=O) groups excluding carboxylic acids is 1. The second kappa shape index (κ2) is 7.36. The SMILES string of the molecule is COc1cc(OC)cc(C(=O)N/N=C(\C)c2cc(O)ccc2O)c1. The zero-order valence-electron chi connectivity index (χ0n) is 13.5. The van der Waals surface area contributed by atoms with Crippen LogP contribution in [0.15, 0.2) is 41.5 Å². The Morgan fingerprint density at radius 3 is 2.25 bits per heavy atom. The van der Waals surface area contributed by atoms with E-state index in [9.17, 15) is 15.0 Å². The average molecular weight is 330 g/mol. The van der Waals surface area contributed by atoms with Crippen LogP contribution in [0.25, 0.3) is 0 Å². The van der Waals surface area contributed by atoms with Gasteiger partial charge in [0.15, 0.2) is 0 Å². The maximum Gasteiger partial charge on any atom is 0.271 e. The van der Waals surface area contributed by atoms with Crippen LogP contribution >= 0.6 is 0 Å². The van der Waals surface area contributed by atoms with E-state index in [2.05, 4.69) is 10.5 Å². The minimum atomic E-state index is -0.466. The van der Waals surface area contributed by atoms with Gasteiger partial charge in [-0.2, -0.15) is 5.10 Å². The fourth-order valence-electron chi connectivity index (χ4n) is 2.01. The number of phenolic OH excluding ortho intramolecular Hbond substituents is 2. The molecule has 0 radical (unpaired) electrons. The zero-order chi connectivity index (χ0) is 17.7. The van der Waals surface area contributed by atoms with Crippen LogP contribution in [0.1, 0.15) is 22.8 Å². The molecule has 2 aromatic carbocycles. The second-order valence-corrected chi connectivity index (χ2v) is 4.94. The number of carbonyl (C=O) groups is 1. The molecule has 0 aliphatic carbocycles. The zero-order valence-corrected chi connectivity index (χ0v) is 13.5. The lowest BCUT2D eigenvalue weighted by molar-refractivity contribution is 0.0954. The molecule has 0 heterocycles. The van der Waals surface area contributed by atoms with Gasteiger partial charge in [-0.05, 0) is 37.3 Å². The monoisotopic (exact) mass is 330 g/mol. The van der Waals surface area contributed by atoms with Gasteiger partial charge < -0.3 is 19.7 Å². The number of nitrogens with one attached hydrogen (secondary N) is 1. The molecule has 2 aromatic rings. The maximum atomic E-state index is 12.2. The maximum absolute atomic E-state index is 12.2. The van der Waals surface area contributed by atoms with Crippen molar-refractivity contribution in [3.8, 4) is 23.0 Å². The summed E-state index contributed by atoms with van der Waals surface area (Å²) in [5, 5.41) is 23.2. The van der Waals surface area contributed by atoms with Crippen LogP contribution < -0.4 is 14.9 Å². The number of hydrogen-bond acceptors (Lipinski definition) is 6. The molecular weight excluding hydrogens is 312 g/mol. The minimum Gasteiger partial charge on any atom is -0.508 e. The number of aromatic hydroxyl groups is 2. The molecule has 0 aliphatic rings. The second-order valence-electron chi connectivity index (χ2n) is 4.94. The Labute approximate surface area is 139 Å². The standard InChI is InChI=1S/C17H18N2O5/c1-10(15-8-12(20)4-5-16(15)21)18-19-17(22)11-6-13(23-2)9-14(7-11)24-3/h4-9,20-21H,1-3H3,(H,19,22)/b18-10+. The lowest BCUT2D eigenvalue weighted by Crippen LogP contribution is -2.19. The quantitative estimate of drug-likeness (QED) is 0.443. The molecular formula is C17H18N2O5. The summed E-state index contributed by atoms with van der Waals surface area (Å²) in [4.78, 5) is 12.2. The van der Waals surface area contributed by atoms with Gasteiger partial charge in [-0.15, -0.1) is 0 Å². The minimum absolute atomic E-state index is 0.0128. The number of benzene rings is 2. The molecule has 0 saturated heterocycles. The van der Waals surface area contributed by atoms with Gasteiger partial charge in [-0.3, -0.25) is 4.79 Å². The number of hydrogen-bond donors (Lipinski definition) is 3. The summed E-state index contributed by atoms with van der Waals surface area (Å²) in [6.07, 6.45) is 0. The highest BCUT2D eigenvalue weighted by Crippen LogP contribution is 2.23. The Bertz CT molecular complexity index is 764. The molecule has 126 valence electrons. The molecule has 1 amide bonds. The van der Waals surface area contributed by atoms with Gasteiger partial charge in [-0.25, -0.2) is 5.43 Å². The predicted molar refractivity (Wildman–Crippen MR) is 89.0 cm³/mol. The van der Waals surface area contributed by atoms with Crippen molar-refractivity contribution in [1.29, 1.82) is 0 Å². The molecule has 3 N–H and O–H groups in total. The molecule has 0 atom stereocenters. The largest absolute Gasteiger partial charge is 0.508 e. The van der Waals surface area contributed by atoms with Crippen molar-refractivity contribution in [3.05, 3.63) is 47.5 Å². The topological polar surface area (TPSA) is 100 Å². The van der Waals surface area contributed by atoms with Gasteiger partial charge in [0.25, 0.3) is 5.91 Å². The number of nitrogens with zero attached hydrogens (tertiary/aromatic N) is 1. The van der Waals surface area contributed by atoms with E-state index in [4.69, 9.17) is 9.47 Å². The van der Waals surface area contributed by atoms with E-state index in [1.165, 1.54) is 32.4 Å². The van der Waals surface area contributed by atoms with Crippen molar-refractivity contribution in [3.63, 3.8) is 0 Å². The van der Waals surface area contributed by atoms with Crippen LogP contribution in [0, 0.1) is 0 Å². The lowest BCUT2D eigenvalue weighted by Gasteiger charge is -2.08. The van der Waals surface area contributed by atoms with Crippen molar-refractivity contribution in [2.45, 2.75) is 6.92 Å². The summed E-state index contributed by atoms with van der Waals surface area (Å²) in [5.74, 6) is 0.426. The third-order valence-electron chi connectivity index (χ3n) is 3.31. The predicted octanol–water partition coefficient (Wildman–Crippen LogP) is 2.27. The first-order valence-electron chi connectivity index (χ1n) is 7.04. The van der Waals surface area contributed by atoms with Gasteiger partial charge in [0, 0.05) is 17.2 Å². The first kappa shape index (κ1) is 17.1. The number of hydrazone groups is 1. The molecule has 7 heteroatoms. The van der Waals surface area contributed by atoms with Crippen LogP contribution in [0.5, 0.6) is 23.0 Å². The van der Waals surface area contributed by atoms with Gasteiger partial charge in [0.1, 0.15) is 23.0 Å². The summed E-state index contributed by atoms with van der Waals surface area (Å²) >= 11 is 0. The van der Waals surface area contributed by atoms with Crippen LogP contribution in [0.4, 0.5) is 0 Å². The number of amides is 1. The van der Waals surface area contributed by atoms with Crippen molar-refractivity contribution in [2.75, 3.05) is 14.2 Å². The van der Waals surface area contributed by atoms with Crippen molar-refractivity contribution in [2.24, 2.45) is 5.10 Å². The fourth-order valence-corrected chi connectivity index (χ4v) is 2.01. The fraction of sp³-hybridized carbons (Fsp3) is 0.176. The summed E-state index contributed by atoms with van der Waals surface area (Å²) in [6, 6.07) is 8.81. The average Bonchev–Trinajstić information content (AvgIpc) is 2.60. The highest BCUT2D eigenvalue weighted by atomic mass is 16.5. The summed E-state index contributed by atoms with van der Waals surface area (Å²) in [5.41, 5.74) is 3.36. The summed E-state index contributed by atoms with van der Waals surface area (Å²) in [6.45, 7) is 1.60. The van der Waals surface area contributed by atoms with E-state index in [1.807, 2.05) is 0 Å². The molecule has 0 aromatic heterocycles. The van der Waals surface area contributed by atoms with E-state index >= 15 is 0 Å². The molecule has 0 bridgehead atoms. The highest BCUT2D eigenvalue weighted by molar-refractivity contribution is 6.03. The van der Waals surface area contributed by atoms with Gasteiger partial charge in [-0.1, -0.05) is 0 Å². The number of rotatable bonds is 5. The van der Waals surface area contributed by atoms with E-state index in [-0.39, 0.29) is 11.5 Å². The number of phenols is 2. The van der Waals surface area contributed by atoms with Crippen LogP contribution in [0.2, 0.25) is 0 Å². The Balaban J connectivity index is 2.22. The molecule has 0 aliphatic heterocycles. The van der Waals surface area contributed by atoms with Crippen LogP contribution in [0.3, 0.4) is 0 Å². The number of methoxy groups -OCH3 is 2. The molecule has 24 heavy (non-hydrogen) atoms. The third kappa shape index (κ3) is 3.95. The molecule has 0 fully saturated rings. The molecule has 7 nitrogen and oxygen atoms in total. The third-order valence-corrected chi connectivity index (χ3v) is 3.31. The van der Waals surface area contributed by atoms with Crippen molar-refractivity contribution < 1.29 is 24.5 Å². The molecule has 0 saturated carbocycles. The van der Waals surface area contributed by atoms with Crippen molar-refractivity contribution >= 4 is 11.6 Å². The van der Waals surface area contributed by atoms with E-state index in [0.29, 0.717) is 28.3 Å². The van der Waals surface area contributed by atoms with E-state index in [0.717, 1.165) is 0 Å². The number of ether oxygens (including phenoxy) is 2. The Morgan fingerprint density at radius 1 is 1.04 bits per heavy atom. The highest BCUT2D eigenvalue weighted by Gasteiger charge is 2.11. The summed E-state index contributed by atoms with van der Waals surface area (Å²) < 4.78 is 10.2. The first-order valence-corrected chi connectivity index (χ1v) is 7.04. The summed E-state index contributed by atoms with van der Waals surface area (Å²) in [7, 11) is 2.98. The van der Waals surface area contributed by atoms with E-state index < -0.39 is 5.91 Å². The van der Waals surface area contributed by atoms with Gasteiger partial charge in [0.05, 0.1) is 19.9 Å². The van der Waals surface area contributed by atoms with E-state index in [1.54, 1.807) is 25.1 Å². The molecule has 0 unspecified atom stereocenters. The Hall–Kier alpha value is -3.22. The Morgan fingerprint density at radius 2 is 1.67 bits per heavy atom. The Kier molecular flexibility index (Phi) is 5.26. The van der Waals surface area contributed by atoms with Gasteiger partial charge in [0.2, 0.25) is 0 Å². The normalized spacial score (nSPS) is 11.0. The van der Waals surface area contributed by atoms with Crippen LogP contribution in [-0.2, 0) is 0 Å². The first-order chi connectivity index (χ1) is 11.4. The van der Waals surface area contributed by atoms with Gasteiger partial charge >= 0.3 is 0 Å². The van der Waals surface area contributed by atoms with Crippen molar-refractivity contribution in [1.82, 2.24) is 5.43 Å². The molecule has 0 spiro atoms. The smallest absolute Gasteiger partial charge is 0.271 e. The lowest BCUT2D eigenvalue weighted by atomic mass is 10.1. The van der Waals surface area contributed by atoms with Crippen LogP contribution in [-0.4, -0.2) is 36.1 Å². The molecule has 2 rings (SSSR count).